The first kappa shape index (κ1) is 9.41. The first-order valence-electron chi connectivity index (χ1n) is 4.59. The number of hydrogen-bond donors (Lipinski definition) is 0. The lowest BCUT2D eigenvalue weighted by Crippen LogP contribution is -1.83. The van der Waals surface area contributed by atoms with Crippen molar-refractivity contribution in [1.82, 2.24) is 0 Å². The highest BCUT2D eigenvalue weighted by Crippen LogP contribution is 2.32. The lowest BCUT2D eigenvalue weighted by Gasteiger charge is -1.99. The summed E-state index contributed by atoms with van der Waals surface area (Å²) in [6.07, 6.45) is 0.969. The Morgan fingerprint density at radius 1 is 1.21 bits per heavy atom. The van der Waals surface area contributed by atoms with Gasteiger partial charge in [0.25, 0.3) is 0 Å². The van der Waals surface area contributed by atoms with Crippen LogP contribution in [-0.4, -0.2) is 6.29 Å². The van der Waals surface area contributed by atoms with Crippen molar-refractivity contribution >= 4 is 27.7 Å². The van der Waals surface area contributed by atoms with Crippen LogP contribution in [0.15, 0.2) is 12.1 Å². The average molecular weight is 204 g/mol. The van der Waals surface area contributed by atoms with Crippen LogP contribution in [0, 0.1) is 20.8 Å². The van der Waals surface area contributed by atoms with Gasteiger partial charge in [0.2, 0.25) is 0 Å². The van der Waals surface area contributed by atoms with Gasteiger partial charge in [-0.2, -0.15) is 0 Å². The highest BCUT2D eigenvalue weighted by atomic mass is 32.1. The Bertz CT molecular complexity index is 509. The minimum absolute atomic E-state index is 0.863. The molecule has 2 rings (SSSR count). The van der Waals surface area contributed by atoms with Crippen molar-refractivity contribution < 1.29 is 4.79 Å². The predicted octanol–water partition coefficient (Wildman–Crippen LogP) is 3.64. The maximum Gasteiger partial charge on any atom is 0.151 e. The van der Waals surface area contributed by atoms with E-state index in [1.54, 1.807) is 11.3 Å². The minimum atomic E-state index is 0.863. The number of hydrogen-bond acceptors (Lipinski definition) is 2. The molecule has 1 nitrogen and oxygen atoms in total. The van der Waals surface area contributed by atoms with Gasteiger partial charge in [0.15, 0.2) is 6.29 Å². The first-order chi connectivity index (χ1) is 6.63. The number of rotatable bonds is 1. The monoisotopic (exact) mass is 204 g/mol. The van der Waals surface area contributed by atoms with Crippen LogP contribution in [0.1, 0.15) is 26.4 Å². The molecule has 0 bridgehead atoms. The van der Waals surface area contributed by atoms with Crippen LogP contribution in [0.25, 0.3) is 10.1 Å². The van der Waals surface area contributed by atoms with Gasteiger partial charge in [-0.05, 0) is 38.0 Å². The van der Waals surface area contributed by atoms with Gasteiger partial charge < -0.3 is 0 Å². The molecular formula is C12H12OS. The molecule has 0 aliphatic heterocycles. The second-order valence-corrected chi connectivity index (χ2v) is 4.90. The van der Waals surface area contributed by atoms with Crippen LogP contribution >= 0.6 is 11.3 Å². The molecule has 0 aliphatic rings. The number of carbonyl (C=O) groups excluding carboxylic acids is 1. The standard InChI is InChI=1S/C12H12OS/c1-7-4-8(2)12-10(6-13)9(3)14-11(12)5-7/h4-6H,1-3H3. The number of aryl methyl sites for hydroxylation is 3. The van der Waals surface area contributed by atoms with Crippen molar-refractivity contribution in [3.8, 4) is 0 Å². The van der Waals surface area contributed by atoms with Gasteiger partial charge in [0, 0.05) is 20.5 Å². The molecule has 72 valence electrons. The smallest absolute Gasteiger partial charge is 0.151 e. The highest BCUT2D eigenvalue weighted by Gasteiger charge is 2.10. The van der Waals surface area contributed by atoms with Gasteiger partial charge in [0.05, 0.1) is 0 Å². The van der Waals surface area contributed by atoms with E-state index in [4.69, 9.17) is 0 Å². The number of fused-ring (bicyclic) bond motifs is 1. The van der Waals surface area contributed by atoms with Gasteiger partial charge in [-0.25, -0.2) is 0 Å². The van der Waals surface area contributed by atoms with Gasteiger partial charge >= 0.3 is 0 Å². The third-order valence-electron chi connectivity index (χ3n) is 2.47. The number of carbonyl (C=O) groups is 1. The maximum atomic E-state index is 10.9. The zero-order valence-corrected chi connectivity index (χ0v) is 9.37. The Morgan fingerprint density at radius 3 is 2.57 bits per heavy atom. The Balaban J connectivity index is 2.95. The van der Waals surface area contributed by atoms with E-state index < -0.39 is 0 Å². The molecule has 0 fully saturated rings. The van der Waals surface area contributed by atoms with Gasteiger partial charge in [-0.1, -0.05) is 6.07 Å². The fourth-order valence-corrected chi connectivity index (χ4v) is 3.10. The van der Waals surface area contributed by atoms with Crippen molar-refractivity contribution in [2.24, 2.45) is 0 Å². The molecule has 0 saturated heterocycles. The molecule has 1 aromatic carbocycles. The summed E-state index contributed by atoms with van der Waals surface area (Å²) in [6.45, 7) is 6.15. The maximum absolute atomic E-state index is 10.9. The molecule has 1 aromatic heterocycles. The molecule has 14 heavy (non-hydrogen) atoms. The van der Waals surface area contributed by atoms with Crippen molar-refractivity contribution in [2.45, 2.75) is 20.8 Å². The molecular weight excluding hydrogens is 192 g/mol. The molecule has 1 heterocycles. The number of benzene rings is 1. The third-order valence-corrected chi connectivity index (χ3v) is 3.54. The second kappa shape index (κ2) is 3.21. The lowest BCUT2D eigenvalue weighted by atomic mass is 10.0. The summed E-state index contributed by atoms with van der Waals surface area (Å²) < 4.78 is 1.22. The van der Waals surface area contributed by atoms with E-state index >= 15 is 0 Å². The third kappa shape index (κ3) is 1.26. The Hall–Kier alpha value is -1.15. The zero-order chi connectivity index (χ0) is 10.3. The van der Waals surface area contributed by atoms with E-state index in [9.17, 15) is 4.79 Å². The molecule has 0 spiro atoms. The zero-order valence-electron chi connectivity index (χ0n) is 8.55. The topological polar surface area (TPSA) is 17.1 Å². The summed E-state index contributed by atoms with van der Waals surface area (Å²) >= 11 is 1.70. The quantitative estimate of drug-likeness (QED) is 0.648. The van der Waals surface area contributed by atoms with Crippen LogP contribution in [0.4, 0.5) is 0 Å². The molecule has 0 atom stereocenters. The summed E-state index contributed by atoms with van der Waals surface area (Å²) in [5, 5.41) is 1.13. The van der Waals surface area contributed by atoms with Crippen molar-refractivity contribution in [2.75, 3.05) is 0 Å². The Kier molecular flexibility index (Phi) is 2.16. The lowest BCUT2D eigenvalue weighted by molar-refractivity contribution is 0.112. The molecule has 0 amide bonds. The minimum Gasteiger partial charge on any atom is -0.298 e. The van der Waals surface area contributed by atoms with E-state index in [2.05, 4.69) is 26.0 Å². The molecule has 0 saturated carbocycles. The van der Waals surface area contributed by atoms with E-state index in [1.165, 1.54) is 15.8 Å². The van der Waals surface area contributed by atoms with Crippen LogP contribution in [-0.2, 0) is 0 Å². The van der Waals surface area contributed by atoms with Gasteiger partial charge in [-0.3, -0.25) is 4.79 Å². The largest absolute Gasteiger partial charge is 0.298 e. The summed E-state index contributed by atoms with van der Waals surface area (Å²) in [4.78, 5) is 12.1. The molecule has 0 N–H and O–H groups in total. The Morgan fingerprint density at radius 2 is 1.93 bits per heavy atom. The second-order valence-electron chi connectivity index (χ2n) is 3.64. The van der Waals surface area contributed by atoms with Crippen LogP contribution in [0.2, 0.25) is 0 Å². The van der Waals surface area contributed by atoms with E-state index in [1.807, 2.05) is 6.92 Å². The fourth-order valence-electron chi connectivity index (χ4n) is 1.89. The molecule has 2 aromatic rings. The summed E-state index contributed by atoms with van der Waals surface area (Å²) in [5.74, 6) is 0. The SMILES string of the molecule is Cc1cc(C)c2c(C=O)c(C)sc2c1. The summed E-state index contributed by atoms with van der Waals surface area (Å²) in [7, 11) is 0. The molecule has 2 heteroatoms. The van der Waals surface area contributed by atoms with Gasteiger partial charge in [0.1, 0.15) is 0 Å². The number of thiophene rings is 1. The van der Waals surface area contributed by atoms with E-state index in [-0.39, 0.29) is 0 Å². The predicted molar refractivity (Wildman–Crippen MR) is 61.4 cm³/mol. The van der Waals surface area contributed by atoms with E-state index in [0.29, 0.717) is 0 Å². The summed E-state index contributed by atoms with van der Waals surface area (Å²) in [5.41, 5.74) is 3.32. The van der Waals surface area contributed by atoms with E-state index in [0.717, 1.165) is 22.1 Å². The van der Waals surface area contributed by atoms with Crippen LogP contribution in [0.3, 0.4) is 0 Å². The van der Waals surface area contributed by atoms with Crippen LogP contribution < -0.4 is 0 Å². The van der Waals surface area contributed by atoms with Gasteiger partial charge in [-0.15, -0.1) is 11.3 Å². The first-order valence-corrected chi connectivity index (χ1v) is 5.40. The highest BCUT2D eigenvalue weighted by molar-refractivity contribution is 7.19. The normalized spacial score (nSPS) is 10.8. The fraction of sp³-hybridized carbons (Fsp3) is 0.250. The molecule has 0 unspecified atom stereocenters. The number of aldehydes is 1. The average Bonchev–Trinajstić information content (AvgIpc) is 2.40. The van der Waals surface area contributed by atoms with Crippen LogP contribution in [0.5, 0.6) is 0 Å². The van der Waals surface area contributed by atoms with Crippen molar-refractivity contribution in [1.29, 1.82) is 0 Å². The summed E-state index contributed by atoms with van der Waals surface area (Å²) in [6, 6.07) is 4.27. The van der Waals surface area contributed by atoms with Crippen molar-refractivity contribution in [3.63, 3.8) is 0 Å². The van der Waals surface area contributed by atoms with Crippen molar-refractivity contribution in [3.05, 3.63) is 33.7 Å². The molecule has 0 radical (unpaired) electrons. The Labute approximate surface area is 87.4 Å². The molecule has 0 aliphatic carbocycles.